The summed E-state index contributed by atoms with van der Waals surface area (Å²) in [7, 11) is 1.80. The summed E-state index contributed by atoms with van der Waals surface area (Å²) in [5.41, 5.74) is 1.32. The van der Waals surface area contributed by atoms with Crippen molar-refractivity contribution in [3.05, 3.63) is 94.0 Å². The van der Waals surface area contributed by atoms with Gasteiger partial charge in [-0.25, -0.2) is 0 Å². The molecule has 0 aliphatic carbocycles. The number of benzene rings is 3. The van der Waals surface area contributed by atoms with Gasteiger partial charge in [-0.1, -0.05) is 78.9 Å². The van der Waals surface area contributed by atoms with Gasteiger partial charge in [-0.05, 0) is 23.3 Å². The zero-order valence-electron chi connectivity index (χ0n) is 20.7. The molecule has 0 amide bonds. The van der Waals surface area contributed by atoms with Gasteiger partial charge in [0.25, 0.3) is 0 Å². The van der Waals surface area contributed by atoms with Crippen molar-refractivity contribution in [3.63, 3.8) is 0 Å². The molecule has 0 radical (unpaired) electrons. The first-order valence-corrected chi connectivity index (χ1v) is 14.3. The van der Waals surface area contributed by atoms with E-state index in [0.717, 1.165) is 10.8 Å². The molecule has 3 rings (SSSR count). The molecule has 184 valence electrons. The fraction of sp³-hybridized carbons (Fsp3) is 0.296. The predicted molar refractivity (Wildman–Crippen MR) is 138 cm³/mol. The topological polar surface area (TPSA) is 87.9 Å². The Bertz CT molecular complexity index is 1140. The number of nitrogens with zero attached hydrogens (tertiary/aromatic N) is 1. The number of hydrogen-bond donors (Lipinski definition) is 0. The van der Waals surface area contributed by atoms with E-state index in [1.807, 2.05) is 73.8 Å². The summed E-state index contributed by atoms with van der Waals surface area (Å²) in [6, 6.07) is 22.4. The van der Waals surface area contributed by atoms with E-state index in [1.54, 1.807) is 12.1 Å². The van der Waals surface area contributed by atoms with Crippen LogP contribution in [0.3, 0.4) is 0 Å². The van der Waals surface area contributed by atoms with Gasteiger partial charge in [0.05, 0.1) is 33.2 Å². The first kappa shape index (κ1) is 26.0. The van der Waals surface area contributed by atoms with Crippen molar-refractivity contribution in [1.82, 2.24) is 0 Å². The minimum Gasteiger partial charge on any atom is -0.493 e. The molecular weight excluding hydrogens is 462 g/mol. The van der Waals surface area contributed by atoms with Gasteiger partial charge in [0, 0.05) is 4.92 Å². The molecule has 0 N–H and O–H groups in total. The first-order chi connectivity index (χ1) is 16.7. The maximum atomic E-state index is 14.3. The van der Waals surface area contributed by atoms with Crippen LogP contribution in [0.4, 0.5) is 0 Å². The molecular formula is C27H31NO6Si. The van der Waals surface area contributed by atoms with Crippen LogP contribution in [0.1, 0.15) is 23.0 Å². The fourth-order valence-corrected chi connectivity index (χ4v) is 6.95. The summed E-state index contributed by atoms with van der Waals surface area (Å²) in [6.45, 7) is 3.57. The van der Waals surface area contributed by atoms with E-state index < -0.39 is 26.5 Å². The third-order valence-electron chi connectivity index (χ3n) is 6.42. The summed E-state index contributed by atoms with van der Waals surface area (Å²) < 4.78 is 16.4. The SMILES string of the molecule is COc1cc([C@H](C[N+](=O)[O-])[C@H](C(=O)[Si](C)(C)c2ccccc2)c2ccccc2)cc(OC)c1OC. The van der Waals surface area contributed by atoms with Gasteiger partial charge in [0.2, 0.25) is 12.3 Å². The summed E-state index contributed by atoms with van der Waals surface area (Å²) in [6.07, 6.45) is 0. The van der Waals surface area contributed by atoms with Gasteiger partial charge < -0.3 is 19.0 Å². The Morgan fingerprint density at radius 1 is 0.857 bits per heavy atom. The minimum atomic E-state index is -2.69. The van der Waals surface area contributed by atoms with Gasteiger partial charge in [-0.3, -0.25) is 10.1 Å². The molecule has 0 aliphatic heterocycles. The van der Waals surface area contributed by atoms with Crippen LogP contribution in [0.25, 0.3) is 0 Å². The van der Waals surface area contributed by atoms with E-state index in [0.29, 0.717) is 22.8 Å². The van der Waals surface area contributed by atoms with Gasteiger partial charge in [-0.2, -0.15) is 0 Å². The largest absolute Gasteiger partial charge is 0.493 e. The van der Waals surface area contributed by atoms with Crippen LogP contribution in [-0.4, -0.2) is 46.3 Å². The lowest BCUT2D eigenvalue weighted by Gasteiger charge is -2.32. The highest BCUT2D eigenvalue weighted by Crippen LogP contribution is 2.44. The number of nitro groups is 1. The van der Waals surface area contributed by atoms with Crippen LogP contribution in [0.5, 0.6) is 17.2 Å². The molecule has 0 aliphatic rings. The van der Waals surface area contributed by atoms with Crippen molar-refractivity contribution in [2.45, 2.75) is 24.9 Å². The zero-order valence-corrected chi connectivity index (χ0v) is 21.7. The quantitative estimate of drug-likeness (QED) is 0.221. The average molecular weight is 494 g/mol. The number of carbonyl (C=O) groups excluding carboxylic acids is 1. The van der Waals surface area contributed by atoms with Crippen LogP contribution in [0.2, 0.25) is 13.1 Å². The number of ether oxygens (including phenoxy) is 3. The Labute approximate surface area is 206 Å². The van der Waals surface area contributed by atoms with Gasteiger partial charge in [0.15, 0.2) is 19.6 Å². The second-order valence-corrected chi connectivity index (χ2v) is 13.1. The Morgan fingerprint density at radius 2 is 1.37 bits per heavy atom. The van der Waals surface area contributed by atoms with Crippen LogP contribution in [-0.2, 0) is 4.79 Å². The smallest absolute Gasteiger partial charge is 0.211 e. The van der Waals surface area contributed by atoms with E-state index in [4.69, 9.17) is 14.2 Å². The molecule has 0 unspecified atom stereocenters. The van der Waals surface area contributed by atoms with Crippen molar-refractivity contribution in [1.29, 1.82) is 0 Å². The number of hydrogen-bond acceptors (Lipinski definition) is 6. The van der Waals surface area contributed by atoms with Gasteiger partial charge in [-0.15, -0.1) is 0 Å². The van der Waals surface area contributed by atoms with Crippen molar-refractivity contribution >= 4 is 18.7 Å². The molecule has 3 aromatic rings. The molecule has 0 saturated carbocycles. The molecule has 2 atom stereocenters. The lowest BCUT2D eigenvalue weighted by molar-refractivity contribution is -0.483. The van der Waals surface area contributed by atoms with E-state index in [1.165, 1.54) is 21.3 Å². The molecule has 0 fully saturated rings. The fourth-order valence-electron chi connectivity index (χ4n) is 4.49. The average Bonchev–Trinajstić information content (AvgIpc) is 2.88. The van der Waals surface area contributed by atoms with E-state index in [-0.39, 0.29) is 10.3 Å². The van der Waals surface area contributed by atoms with E-state index in [2.05, 4.69) is 0 Å². The summed E-state index contributed by atoms with van der Waals surface area (Å²) >= 11 is 0. The second kappa shape index (κ2) is 11.2. The Morgan fingerprint density at radius 3 is 1.83 bits per heavy atom. The minimum absolute atomic E-state index is 0.0236. The van der Waals surface area contributed by atoms with E-state index in [9.17, 15) is 14.9 Å². The lowest BCUT2D eigenvalue weighted by atomic mass is 9.81. The molecule has 35 heavy (non-hydrogen) atoms. The summed E-state index contributed by atoms with van der Waals surface area (Å²) in [4.78, 5) is 25.9. The normalized spacial score (nSPS) is 12.9. The molecule has 8 heteroatoms. The third kappa shape index (κ3) is 5.54. The Hall–Kier alpha value is -3.65. The standard InChI is InChI=1S/C27H31NO6Si/c1-32-23-16-20(17-24(33-2)26(23)34-3)22(18-28(30)31)25(19-12-8-6-9-13-19)27(29)35(4,5)21-14-10-7-11-15-21/h6-17,22,25H,18H2,1-5H3/t22-,25+/m0/s1. The maximum Gasteiger partial charge on any atom is 0.211 e. The van der Waals surface area contributed by atoms with Crippen molar-refractivity contribution in [2.75, 3.05) is 27.9 Å². The molecule has 3 aromatic carbocycles. The van der Waals surface area contributed by atoms with Crippen molar-refractivity contribution in [3.8, 4) is 17.2 Å². The number of rotatable bonds is 11. The number of carbonyl (C=O) groups is 1. The second-order valence-electron chi connectivity index (χ2n) is 8.82. The Kier molecular flexibility index (Phi) is 8.29. The molecule has 0 heterocycles. The van der Waals surface area contributed by atoms with Crippen molar-refractivity contribution in [2.24, 2.45) is 0 Å². The van der Waals surface area contributed by atoms with Crippen LogP contribution < -0.4 is 19.4 Å². The third-order valence-corrected chi connectivity index (χ3v) is 9.74. The lowest BCUT2D eigenvalue weighted by Crippen LogP contribution is -2.53. The molecule has 0 spiro atoms. The molecule has 0 bridgehead atoms. The molecule has 0 aromatic heterocycles. The van der Waals surface area contributed by atoms with Crippen LogP contribution in [0, 0.1) is 10.1 Å². The maximum absolute atomic E-state index is 14.3. The van der Waals surface area contributed by atoms with Crippen LogP contribution >= 0.6 is 0 Å². The monoisotopic (exact) mass is 493 g/mol. The predicted octanol–water partition coefficient (Wildman–Crippen LogP) is 4.58. The highest BCUT2D eigenvalue weighted by Gasteiger charge is 2.44. The number of methoxy groups -OCH3 is 3. The van der Waals surface area contributed by atoms with Gasteiger partial charge >= 0.3 is 0 Å². The van der Waals surface area contributed by atoms with E-state index >= 15 is 0 Å². The highest BCUT2D eigenvalue weighted by molar-refractivity contribution is 7.13. The molecule has 7 nitrogen and oxygen atoms in total. The van der Waals surface area contributed by atoms with Crippen LogP contribution in [0.15, 0.2) is 72.8 Å². The highest BCUT2D eigenvalue weighted by atomic mass is 28.3. The van der Waals surface area contributed by atoms with Gasteiger partial charge in [0.1, 0.15) is 5.41 Å². The summed E-state index contributed by atoms with van der Waals surface area (Å²) in [5.74, 6) is -0.321. The summed E-state index contributed by atoms with van der Waals surface area (Å²) in [5, 5.41) is 12.9. The first-order valence-electron chi connectivity index (χ1n) is 11.3. The molecule has 0 saturated heterocycles. The zero-order chi connectivity index (χ0) is 25.6. The Balaban J connectivity index is 2.24. The van der Waals surface area contributed by atoms with Crippen molar-refractivity contribution < 1.29 is 23.9 Å².